The van der Waals surface area contributed by atoms with E-state index in [1.165, 1.54) is 9.88 Å². The Balaban J connectivity index is 1.61. The first-order chi connectivity index (χ1) is 10.3. The van der Waals surface area contributed by atoms with Crippen LogP contribution in [0.3, 0.4) is 0 Å². The van der Waals surface area contributed by atoms with Gasteiger partial charge in [-0.3, -0.25) is 0 Å². The molecule has 0 N–H and O–H groups in total. The average Bonchev–Trinajstić information content (AvgIpc) is 3.24. The topological polar surface area (TPSA) is 51.8 Å². The molecule has 0 aliphatic carbocycles. The molecule has 0 aliphatic heterocycles. The summed E-state index contributed by atoms with van der Waals surface area (Å²) in [6.07, 6.45) is 5.02. The molecule has 0 spiro atoms. The molecule has 6 heteroatoms. The van der Waals surface area contributed by atoms with Crippen molar-refractivity contribution in [3.05, 3.63) is 38.7 Å². The van der Waals surface area contributed by atoms with Crippen LogP contribution >= 0.6 is 22.7 Å². The number of aryl methyl sites for hydroxylation is 2. The van der Waals surface area contributed by atoms with Crippen LogP contribution in [0, 0.1) is 0 Å². The fourth-order valence-electron chi connectivity index (χ4n) is 2.05. The van der Waals surface area contributed by atoms with Crippen molar-refractivity contribution in [2.45, 2.75) is 39.0 Å². The summed E-state index contributed by atoms with van der Waals surface area (Å²) in [6, 6.07) is 2.00. The number of hydrogen-bond donors (Lipinski definition) is 0. The van der Waals surface area contributed by atoms with Crippen molar-refractivity contribution < 1.29 is 4.52 Å². The maximum Gasteiger partial charge on any atom is 0.258 e. The zero-order chi connectivity index (χ0) is 14.7. The van der Waals surface area contributed by atoms with Gasteiger partial charge in [-0.15, -0.1) is 11.3 Å². The smallest absolute Gasteiger partial charge is 0.258 e. The third-order valence-corrected chi connectivity index (χ3v) is 5.26. The van der Waals surface area contributed by atoms with E-state index in [1.807, 2.05) is 23.0 Å². The van der Waals surface area contributed by atoms with Crippen molar-refractivity contribution >= 4 is 22.7 Å². The first kappa shape index (κ1) is 14.4. The van der Waals surface area contributed by atoms with Gasteiger partial charge in [-0.2, -0.15) is 16.3 Å². The molecule has 0 bridgehead atoms. The molecule has 3 aromatic rings. The van der Waals surface area contributed by atoms with Gasteiger partial charge < -0.3 is 4.52 Å². The highest BCUT2D eigenvalue weighted by atomic mass is 32.1. The Morgan fingerprint density at radius 1 is 1.38 bits per heavy atom. The average molecular weight is 319 g/mol. The maximum absolute atomic E-state index is 5.34. The highest BCUT2D eigenvalue weighted by Gasteiger charge is 2.15. The maximum atomic E-state index is 5.34. The molecule has 3 heterocycles. The van der Waals surface area contributed by atoms with Gasteiger partial charge in [0.05, 0.1) is 10.6 Å². The Morgan fingerprint density at radius 3 is 3.00 bits per heavy atom. The normalized spacial score (nSPS) is 12.7. The lowest BCUT2D eigenvalue weighted by Crippen LogP contribution is -1.98. The van der Waals surface area contributed by atoms with Gasteiger partial charge in [0.2, 0.25) is 0 Å². The first-order valence-electron chi connectivity index (χ1n) is 7.06. The summed E-state index contributed by atoms with van der Waals surface area (Å²) in [7, 11) is 0. The van der Waals surface area contributed by atoms with Crippen molar-refractivity contribution in [2.24, 2.45) is 0 Å². The Bertz CT molecular complexity index is 687. The van der Waals surface area contributed by atoms with Crippen molar-refractivity contribution in [1.82, 2.24) is 15.1 Å². The predicted molar refractivity (Wildman–Crippen MR) is 85.8 cm³/mol. The summed E-state index contributed by atoms with van der Waals surface area (Å²) in [5, 5.41) is 9.35. The van der Waals surface area contributed by atoms with E-state index in [1.54, 1.807) is 22.7 Å². The third kappa shape index (κ3) is 3.39. The first-order valence-corrected chi connectivity index (χ1v) is 8.82. The van der Waals surface area contributed by atoms with E-state index in [0.29, 0.717) is 5.89 Å². The van der Waals surface area contributed by atoms with Crippen LogP contribution in [-0.4, -0.2) is 15.1 Å². The molecular weight excluding hydrogens is 302 g/mol. The summed E-state index contributed by atoms with van der Waals surface area (Å²) < 4.78 is 5.34. The Hall–Kier alpha value is -1.53. The predicted octanol–water partition coefficient (Wildman–Crippen LogP) is 4.55. The molecule has 0 saturated carbocycles. The molecule has 3 rings (SSSR count). The standard InChI is InChI=1S/C15H17N3OS2/c1-3-13-16-8-12(21-13)5-4-10(2)14-17-15(19-18-14)11-6-7-20-9-11/h6-10H,3-5H2,1-2H3. The van der Waals surface area contributed by atoms with Crippen molar-refractivity contribution in [3.63, 3.8) is 0 Å². The molecule has 21 heavy (non-hydrogen) atoms. The fourth-order valence-corrected chi connectivity index (χ4v) is 3.56. The molecular formula is C15H17N3OS2. The van der Waals surface area contributed by atoms with Gasteiger partial charge in [-0.05, 0) is 30.7 Å². The highest BCUT2D eigenvalue weighted by Crippen LogP contribution is 2.25. The van der Waals surface area contributed by atoms with Gasteiger partial charge in [0.1, 0.15) is 0 Å². The van der Waals surface area contributed by atoms with E-state index in [4.69, 9.17) is 4.52 Å². The monoisotopic (exact) mass is 319 g/mol. The van der Waals surface area contributed by atoms with E-state index in [9.17, 15) is 0 Å². The quantitative estimate of drug-likeness (QED) is 0.668. The SMILES string of the molecule is CCc1ncc(CCC(C)c2noc(-c3ccsc3)n2)s1. The van der Waals surface area contributed by atoms with E-state index in [-0.39, 0.29) is 5.92 Å². The summed E-state index contributed by atoms with van der Waals surface area (Å²) in [5.74, 6) is 1.69. The van der Waals surface area contributed by atoms with Crippen LogP contribution in [0.5, 0.6) is 0 Å². The second-order valence-corrected chi connectivity index (χ2v) is 6.96. The summed E-state index contributed by atoms with van der Waals surface area (Å²) in [5.41, 5.74) is 1.00. The van der Waals surface area contributed by atoms with Crippen LogP contribution in [0.4, 0.5) is 0 Å². The minimum atomic E-state index is 0.285. The molecule has 0 saturated heterocycles. The van der Waals surface area contributed by atoms with Crippen LogP contribution in [0.1, 0.15) is 41.9 Å². The molecule has 0 fully saturated rings. The van der Waals surface area contributed by atoms with Gasteiger partial charge in [-0.1, -0.05) is 19.0 Å². The van der Waals surface area contributed by atoms with E-state index < -0.39 is 0 Å². The zero-order valence-electron chi connectivity index (χ0n) is 12.1. The second-order valence-electron chi connectivity index (χ2n) is 4.98. The lowest BCUT2D eigenvalue weighted by molar-refractivity contribution is 0.415. The molecule has 0 amide bonds. The van der Waals surface area contributed by atoms with Gasteiger partial charge >= 0.3 is 0 Å². The summed E-state index contributed by atoms with van der Waals surface area (Å²) >= 11 is 3.43. The fraction of sp³-hybridized carbons (Fsp3) is 0.400. The van der Waals surface area contributed by atoms with E-state index in [2.05, 4.69) is 29.0 Å². The zero-order valence-corrected chi connectivity index (χ0v) is 13.7. The van der Waals surface area contributed by atoms with Gasteiger partial charge in [0.15, 0.2) is 5.82 Å². The van der Waals surface area contributed by atoms with Gasteiger partial charge in [0, 0.05) is 22.4 Å². The Labute approximate surface area is 131 Å². The lowest BCUT2D eigenvalue weighted by atomic mass is 10.0. The molecule has 0 aliphatic rings. The molecule has 0 aromatic carbocycles. The van der Waals surface area contributed by atoms with Crippen molar-refractivity contribution in [2.75, 3.05) is 0 Å². The number of thiazole rings is 1. The number of nitrogens with zero attached hydrogens (tertiary/aromatic N) is 3. The number of hydrogen-bond acceptors (Lipinski definition) is 6. The largest absolute Gasteiger partial charge is 0.334 e. The minimum Gasteiger partial charge on any atom is -0.334 e. The van der Waals surface area contributed by atoms with E-state index >= 15 is 0 Å². The van der Waals surface area contributed by atoms with Crippen molar-refractivity contribution in [1.29, 1.82) is 0 Å². The highest BCUT2D eigenvalue weighted by molar-refractivity contribution is 7.11. The molecule has 0 radical (unpaired) electrons. The van der Waals surface area contributed by atoms with Crippen LogP contribution in [0.15, 0.2) is 27.5 Å². The van der Waals surface area contributed by atoms with Crippen molar-refractivity contribution in [3.8, 4) is 11.5 Å². The van der Waals surface area contributed by atoms with Crippen LogP contribution < -0.4 is 0 Å². The van der Waals surface area contributed by atoms with Gasteiger partial charge in [-0.25, -0.2) is 4.98 Å². The number of thiophene rings is 1. The third-order valence-electron chi connectivity index (χ3n) is 3.38. The Kier molecular flexibility index (Phi) is 4.45. The molecule has 4 nitrogen and oxygen atoms in total. The summed E-state index contributed by atoms with van der Waals surface area (Å²) in [4.78, 5) is 10.2. The summed E-state index contributed by atoms with van der Waals surface area (Å²) in [6.45, 7) is 4.28. The van der Waals surface area contributed by atoms with E-state index in [0.717, 1.165) is 30.7 Å². The van der Waals surface area contributed by atoms with Crippen LogP contribution in [-0.2, 0) is 12.8 Å². The molecule has 1 unspecified atom stereocenters. The molecule has 1 atom stereocenters. The van der Waals surface area contributed by atoms with Crippen LogP contribution in [0.25, 0.3) is 11.5 Å². The minimum absolute atomic E-state index is 0.285. The number of rotatable bonds is 6. The molecule has 110 valence electrons. The lowest BCUT2D eigenvalue weighted by Gasteiger charge is -2.04. The Morgan fingerprint density at radius 2 is 2.29 bits per heavy atom. The number of aromatic nitrogens is 3. The van der Waals surface area contributed by atoms with Crippen LogP contribution in [0.2, 0.25) is 0 Å². The van der Waals surface area contributed by atoms with Gasteiger partial charge in [0.25, 0.3) is 5.89 Å². The molecule has 3 aromatic heterocycles. The second kappa shape index (κ2) is 6.49.